The molecule has 51 heavy (non-hydrogen) atoms. The van der Waals surface area contributed by atoms with Crippen LogP contribution in [0.1, 0.15) is 0 Å². The lowest BCUT2D eigenvalue weighted by Gasteiger charge is -2.13. The van der Waals surface area contributed by atoms with Gasteiger partial charge in [-0.05, 0) is 65.7 Å². The first-order valence-electron chi connectivity index (χ1n) is 17.2. The summed E-state index contributed by atoms with van der Waals surface area (Å²) in [5, 5.41) is 5.84. The molecule has 0 atom stereocenters. The van der Waals surface area contributed by atoms with Crippen molar-refractivity contribution in [3.05, 3.63) is 170 Å². The summed E-state index contributed by atoms with van der Waals surface area (Å²) in [4.78, 5) is 10.1. The lowest BCUT2D eigenvalue weighted by molar-refractivity contribution is 0.666. The molecule has 4 heterocycles. The summed E-state index contributed by atoms with van der Waals surface area (Å²) in [6.07, 6.45) is 1.81. The molecule has 0 spiro atoms. The largest absolute Gasteiger partial charge is 0.453 e. The molecule has 11 rings (SSSR count). The zero-order valence-corrected chi connectivity index (χ0v) is 27.4. The summed E-state index contributed by atoms with van der Waals surface area (Å²) in [6.45, 7) is 0. The van der Waals surface area contributed by atoms with E-state index in [4.69, 9.17) is 14.4 Å². The molecular formula is C46H28N4O. The van der Waals surface area contributed by atoms with E-state index in [1.165, 1.54) is 32.7 Å². The molecule has 0 aliphatic carbocycles. The van der Waals surface area contributed by atoms with E-state index >= 15 is 0 Å². The number of nitrogens with zero attached hydrogens (tertiary/aromatic N) is 4. The molecule has 5 nitrogen and oxygen atoms in total. The molecule has 0 amide bonds. The number of rotatable bonds is 4. The van der Waals surface area contributed by atoms with Crippen molar-refractivity contribution in [2.45, 2.75) is 0 Å². The molecule has 0 aliphatic heterocycles. The van der Waals surface area contributed by atoms with E-state index in [1.54, 1.807) is 0 Å². The van der Waals surface area contributed by atoms with E-state index in [2.05, 4.69) is 173 Å². The van der Waals surface area contributed by atoms with Crippen LogP contribution in [0.4, 0.5) is 0 Å². The van der Waals surface area contributed by atoms with Gasteiger partial charge in [0.15, 0.2) is 11.4 Å². The Balaban J connectivity index is 1.12. The van der Waals surface area contributed by atoms with Crippen LogP contribution in [-0.4, -0.2) is 19.1 Å². The third-order valence-electron chi connectivity index (χ3n) is 10.2. The van der Waals surface area contributed by atoms with E-state index in [1.807, 2.05) is 6.20 Å². The fourth-order valence-corrected chi connectivity index (χ4v) is 8.01. The summed E-state index contributed by atoms with van der Waals surface area (Å²) in [7, 11) is 0. The zero-order chi connectivity index (χ0) is 33.5. The van der Waals surface area contributed by atoms with Gasteiger partial charge in [0, 0.05) is 38.2 Å². The topological polar surface area (TPSA) is 48.8 Å². The minimum Gasteiger partial charge on any atom is -0.453 e. The molecule has 238 valence electrons. The molecule has 0 aliphatic rings. The maximum atomic E-state index is 6.35. The van der Waals surface area contributed by atoms with E-state index in [-0.39, 0.29) is 0 Å². The van der Waals surface area contributed by atoms with Crippen molar-refractivity contribution in [1.82, 2.24) is 19.1 Å². The molecule has 0 radical (unpaired) electrons. The predicted molar refractivity (Wildman–Crippen MR) is 209 cm³/mol. The van der Waals surface area contributed by atoms with Crippen molar-refractivity contribution in [2.75, 3.05) is 0 Å². The summed E-state index contributed by atoms with van der Waals surface area (Å²) >= 11 is 0. The first-order valence-corrected chi connectivity index (χ1v) is 17.2. The number of hydrogen-bond acceptors (Lipinski definition) is 3. The fraction of sp³-hybridized carbons (Fsp3) is 0. The lowest BCUT2D eigenvalue weighted by Crippen LogP contribution is -1.99. The number of fused-ring (bicyclic) bond motifs is 9. The molecule has 0 N–H and O–H groups in total. The Morgan fingerprint density at radius 3 is 1.86 bits per heavy atom. The fourth-order valence-electron chi connectivity index (χ4n) is 8.01. The van der Waals surface area contributed by atoms with Gasteiger partial charge in [-0.25, -0.2) is 9.97 Å². The molecule has 4 aromatic heterocycles. The third kappa shape index (κ3) is 4.09. The summed E-state index contributed by atoms with van der Waals surface area (Å²) in [6, 6.07) is 57.8. The SMILES string of the molecule is c1ccc(-c2cccc3c2c2ccccc2n3-c2ccc3oc4cnc(-c5ccccc5-n5c6ccccc6c6ccccc65)nc4c3c2)cc1. The average molecular weight is 653 g/mol. The minimum absolute atomic E-state index is 0.650. The number of hydrogen-bond donors (Lipinski definition) is 0. The summed E-state index contributed by atoms with van der Waals surface area (Å²) in [5.41, 5.74) is 12.3. The van der Waals surface area contributed by atoms with Crippen LogP contribution in [0.15, 0.2) is 174 Å². The van der Waals surface area contributed by atoms with E-state index in [0.29, 0.717) is 11.4 Å². The van der Waals surface area contributed by atoms with Crippen LogP contribution in [0.2, 0.25) is 0 Å². The number of aromatic nitrogens is 4. The number of para-hydroxylation sites is 4. The van der Waals surface area contributed by atoms with Gasteiger partial charge in [0.1, 0.15) is 11.1 Å². The maximum absolute atomic E-state index is 6.35. The standard InChI is InChI=1S/C46H28N4O/c1-2-13-29(14-3-1)31-19-12-24-41-44(31)34-17-6-10-22-39(34)49(41)30-25-26-42-36(27-30)45-43(51-42)28-47-46(48-45)35-18-7-11-23-40(35)50-37-20-8-4-15-32(37)33-16-5-9-21-38(33)50/h1-28H. The van der Waals surface area contributed by atoms with Gasteiger partial charge >= 0.3 is 0 Å². The van der Waals surface area contributed by atoms with Crippen molar-refractivity contribution >= 4 is 65.7 Å². The van der Waals surface area contributed by atoms with Crippen LogP contribution in [0.5, 0.6) is 0 Å². The Hall–Kier alpha value is -6.98. The van der Waals surface area contributed by atoms with E-state index in [0.717, 1.165) is 55.5 Å². The molecule has 5 heteroatoms. The van der Waals surface area contributed by atoms with Crippen molar-refractivity contribution in [1.29, 1.82) is 0 Å². The van der Waals surface area contributed by atoms with Gasteiger partial charge in [0.25, 0.3) is 0 Å². The Bertz CT molecular complexity index is 3090. The van der Waals surface area contributed by atoms with Gasteiger partial charge in [-0.15, -0.1) is 0 Å². The molecular weight excluding hydrogens is 625 g/mol. The smallest absolute Gasteiger partial charge is 0.172 e. The Labute approximate surface area is 292 Å². The Morgan fingerprint density at radius 2 is 1.08 bits per heavy atom. The van der Waals surface area contributed by atoms with Gasteiger partial charge in [-0.1, -0.05) is 109 Å². The van der Waals surface area contributed by atoms with Crippen LogP contribution in [0.3, 0.4) is 0 Å². The highest BCUT2D eigenvalue weighted by molar-refractivity contribution is 6.16. The third-order valence-corrected chi connectivity index (χ3v) is 10.2. The second-order valence-corrected chi connectivity index (χ2v) is 13.0. The van der Waals surface area contributed by atoms with Crippen molar-refractivity contribution in [3.8, 4) is 33.9 Å². The quantitative estimate of drug-likeness (QED) is 0.190. The molecule has 11 aromatic rings. The zero-order valence-electron chi connectivity index (χ0n) is 27.4. The Kier molecular flexibility index (Phi) is 5.89. The van der Waals surface area contributed by atoms with Crippen LogP contribution in [0.25, 0.3) is 99.6 Å². The predicted octanol–water partition coefficient (Wildman–Crippen LogP) is 11.9. The summed E-state index contributed by atoms with van der Waals surface area (Å²) in [5.74, 6) is 0.650. The molecule has 7 aromatic carbocycles. The van der Waals surface area contributed by atoms with Crippen molar-refractivity contribution in [3.63, 3.8) is 0 Å². The highest BCUT2D eigenvalue weighted by atomic mass is 16.3. The van der Waals surface area contributed by atoms with E-state index in [9.17, 15) is 0 Å². The first kappa shape index (κ1) is 27.9. The summed E-state index contributed by atoms with van der Waals surface area (Å²) < 4.78 is 11.0. The van der Waals surface area contributed by atoms with Gasteiger partial charge in [-0.2, -0.15) is 0 Å². The van der Waals surface area contributed by atoms with E-state index < -0.39 is 0 Å². The second kappa shape index (κ2) is 10.8. The lowest BCUT2D eigenvalue weighted by atomic mass is 9.99. The van der Waals surface area contributed by atoms with Gasteiger partial charge in [0.2, 0.25) is 0 Å². The van der Waals surface area contributed by atoms with Crippen LogP contribution >= 0.6 is 0 Å². The maximum Gasteiger partial charge on any atom is 0.172 e. The highest BCUT2D eigenvalue weighted by Crippen LogP contribution is 2.40. The van der Waals surface area contributed by atoms with Gasteiger partial charge in [0.05, 0.1) is 34.0 Å². The Morgan fingerprint density at radius 1 is 0.451 bits per heavy atom. The monoisotopic (exact) mass is 652 g/mol. The molecule has 0 saturated heterocycles. The van der Waals surface area contributed by atoms with Crippen LogP contribution < -0.4 is 0 Å². The second-order valence-electron chi connectivity index (χ2n) is 13.0. The highest BCUT2D eigenvalue weighted by Gasteiger charge is 2.20. The minimum atomic E-state index is 0.650. The van der Waals surface area contributed by atoms with Crippen molar-refractivity contribution in [2.24, 2.45) is 0 Å². The van der Waals surface area contributed by atoms with Gasteiger partial charge in [-0.3, -0.25) is 0 Å². The number of furan rings is 1. The number of benzene rings is 7. The molecule has 0 fully saturated rings. The normalized spacial score (nSPS) is 11.9. The molecule has 0 unspecified atom stereocenters. The van der Waals surface area contributed by atoms with Crippen molar-refractivity contribution < 1.29 is 4.42 Å². The first-order chi connectivity index (χ1) is 25.3. The van der Waals surface area contributed by atoms with Crippen LogP contribution in [0, 0.1) is 0 Å². The van der Waals surface area contributed by atoms with Gasteiger partial charge < -0.3 is 13.6 Å². The molecule has 0 saturated carbocycles. The molecule has 0 bridgehead atoms. The van der Waals surface area contributed by atoms with Crippen LogP contribution in [-0.2, 0) is 0 Å². The average Bonchev–Trinajstić information content (AvgIpc) is 3.85.